The smallest absolute Gasteiger partial charge is 0.123 e. The lowest BCUT2D eigenvalue weighted by Gasteiger charge is -2.11. The van der Waals surface area contributed by atoms with E-state index in [1.807, 2.05) is 13.0 Å². The normalized spacial score (nSPS) is 12.4. The SMILES string of the molecule is CCCC(O)CNc1ccc(N)nc1. The number of hydrogen-bond acceptors (Lipinski definition) is 4. The zero-order valence-corrected chi connectivity index (χ0v) is 8.40. The molecule has 14 heavy (non-hydrogen) atoms. The molecule has 0 aliphatic carbocycles. The molecule has 1 aromatic heterocycles. The number of nitrogen functional groups attached to an aromatic ring is 1. The van der Waals surface area contributed by atoms with Crippen LogP contribution in [0, 0.1) is 0 Å². The number of pyridine rings is 1. The molecule has 1 atom stereocenters. The summed E-state index contributed by atoms with van der Waals surface area (Å²) < 4.78 is 0. The minimum absolute atomic E-state index is 0.294. The number of nitrogens with one attached hydrogen (secondary N) is 1. The largest absolute Gasteiger partial charge is 0.391 e. The van der Waals surface area contributed by atoms with Gasteiger partial charge in [-0.15, -0.1) is 0 Å². The molecular formula is C10H17N3O. The third kappa shape index (κ3) is 3.62. The average molecular weight is 195 g/mol. The second-order valence-electron chi connectivity index (χ2n) is 3.30. The molecule has 4 nitrogen and oxygen atoms in total. The minimum atomic E-state index is -0.294. The lowest BCUT2D eigenvalue weighted by molar-refractivity contribution is 0.176. The fourth-order valence-electron chi connectivity index (χ4n) is 1.18. The Morgan fingerprint density at radius 3 is 2.93 bits per heavy atom. The average Bonchev–Trinajstić information content (AvgIpc) is 2.17. The summed E-state index contributed by atoms with van der Waals surface area (Å²) in [4.78, 5) is 3.94. The highest BCUT2D eigenvalue weighted by atomic mass is 16.3. The van der Waals surface area contributed by atoms with Crippen molar-refractivity contribution in [1.82, 2.24) is 4.98 Å². The zero-order valence-electron chi connectivity index (χ0n) is 8.40. The van der Waals surface area contributed by atoms with Gasteiger partial charge >= 0.3 is 0 Å². The van der Waals surface area contributed by atoms with Crippen molar-refractivity contribution < 1.29 is 5.11 Å². The lowest BCUT2D eigenvalue weighted by Crippen LogP contribution is -2.19. The molecule has 0 aliphatic heterocycles. The molecule has 78 valence electrons. The first kappa shape index (κ1) is 10.8. The van der Waals surface area contributed by atoms with Crippen LogP contribution in [-0.4, -0.2) is 22.7 Å². The Kier molecular flexibility index (Phi) is 4.19. The third-order valence-electron chi connectivity index (χ3n) is 1.95. The van der Waals surface area contributed by atoms with E-state index in [9.17, 15) is 5.11 Å². The van der Waals surface area contributed by atoms with E-state index in [-0.39, 0.29) is 6.10 Å². The highest BCUT2D eigenvalue weighted by molar-refractivity contribution is 5.45. The maximum atomic E-state index is 9.46. The predicted molar refractivity (Wildman–Crippen MR) is 58.1 cm³/mol. The number of nitrogens with zero attached hydrogens (tertiary/aromatic N) is 1. The molecule has 4 heteroatoms. The van der Waals surface area contributed by atoms with Crippen LogP contribution in [0.15, 0.2) is 18.3 Å². The lowest BCUT2D eigenvalue weighted by atomic mass is 10.2. The zero-order chi connectivity index (χ0) is 10.4. The number of rotatable bonds is 5. The number of aromatic nitrogens is 1. The fourth-order valence-corrected chi connectivity index (χ4v) is 1.18. The molecule has 0 saturated heterocycles. The molecule has 0 bridgehead atoms. The van der Waals surface area contributed by atoms with Crippen molar-refractivity contribution in [2.45, 2.75) is 25.9 Å². The summed E-state index contributed by atoms with van der Waals surface area (Å²) in [6.07, 6.45) is 3.17. The Labute approximate surface area is 84.2 Å². The van der Waals surface area contributed by atoms with Crippen molar-refractivity contribution in [2.75, 3.05) is 17.6 Å². The van der Waals surface area contributed by atoms with E-state index < -0.39 is 0 Å². The number of anilines is 2. The maximum absolute atomic E-state index is 9.46. The van der Waals surface area contributed by atoms with Gasteiger partial charge in [-0.2, -0.15) is 0 Å². The monoisotopic (exact) mass is 195 g/mol. The Morgan fingerprint density at radius 1 is 1.57 bits per heavy atom. The van der Waals surface area contributed by atoms with Crippen LogP contribution in [0.2, 0.25) is 0 Å². The quantitative estimate of drug-likeness (QED) is 0.661. The van der Waals surface area contributed by atoms with Crippen LogP contribution in [0.1, 0.15) is 19.8 Å². The molecule has 0 radical (unpaired) electrons. The van der Waals surface area contributed by atoms with Crippen molar-refractivity contribution in [2.24, 2.45) is 0 Å². The predicted octanol–water partition coefficient (Wildman–Crippen LogP) is 1.24. The van der Waals surface area contributed by atoms with Gasteiger partial charge in [-0.25, -0.2) is 4.98 Å². The Morgan fingerprint density at radius 2 is 2.36 bits per heavy atom. The molecule has 0 fully saturated rings. The molecule has 1 aromatic rings. The van der Waals surface area contributed by atoms with Crippen LogP contribution >= 0.6 is 0 Å². The number of aliphatic hydroxyl groups excluding tert-OH is 1. The third-order valence-corrected chi connectivity index (χ3v) is 1.95. The molecule has 0 saturated carbocycles. The van der Waals surface area contributed by atoms with Crippen molar-refractivity contribution in [3.63, 3.8) is 0 Å². The summed E-state index contributed by atoms with van der Waals surface area (Å²) >= 11 is 0. The van der Waals surface area contributed by atoms with E-state index in [1.165, 1.54) is 0 Å². The molecule has 1 heterocycles. The minimum Gasteiger partial charge on any atom is -0.391 e. The Bertz CT molecular complexity index is 261. The molecule has 4 N–H and O–H groups in total. The standard InChI is InChI=1S/C10H17N3O/c1-2-3-9(14)7-12-8-4-5-10(11)13-6-8/h4-6,9,12,14H,2-3,7H2,1H3,(H2,11,13). The van der Waals surface area contributed by atoms with Crippen LogP contribution in [0.25, 0.3) is 0 Å². The molecule has 1 unspecified atom stereocenters. The van der Waals surface area contributed by atoms with Gasteiger partial charge in [-0.05, 0) is 18.6 Å². The van der Waals surface area contributed by atoms with Gasteiger partial charge in [0, 0.05) is 6.54 Å². The van der Waals surface area contributed by atoms with Crippen LogP contribution in [-0.2, 0) is 0 Å². The van der Waals surface area contributed by atoms with Crippen molar-refractivity contribution >= 4 is 11.5 Å². The van der Waals surface area contributed by atoms with E-state index in [4.69, 9.17) is 5.73 Å². The van der Waals surface area contributed by atoms with Crippen LogP contribution in [0.3, 0.4) is 0 Å². The highest BCUT2D eigenvalue weighted by Crippen LogP contribution is 2.07. The first-order valence-corrected chi connectivity index (χ1v) is 4.86. The molecule has 1 rings (SSSR count). The first-order chi connectivity index (χ1) is 6.72. The second-order valence-corrected chi connectivity index (χ2v) is 3.30. The fraction of sp³-hybridized carbons (Fsp3) is 0.500. The number of aliphatic hydroxyl groups is 1. The van der Waals surface area contributed by atoms with Crippen LogP contribution in [0.4, 0.5) is 11.5 Å². The topological polar surface area (TPSA) is 71.2 Å². The molecule has 0 spiro atoms. The van der Waals surface area contributed by atoms with Gasteiger partial charge in [0.2, 0.25) is 0 Å². The first-order valence-electron chi connectivity index (χ1n) is 4.86. The van der Waals surface area contributed by atoms with Crippen LogP contribution in [0.5, 0.6) is 0 Å². The van der Waals surface area contributed by atoms with Crippen molar-refractivity contribution in [3.8, 4) is 0 Å². The van der Waals surface area contributed by atoms with E-state index in [1.54, 1.807) is 12.3 Å². The molecular weight excluding hydrogens is 178 g/mol. The van der Waals surface area contributed by atoms with Crippen molar-refractivity contribution in [3.05, 3.63) is 18.3 Å². The van der Waals surface area contributed by atoms with Gasteiger partial charge in [0.25, 0.3) is 0 Å². The summed E-state index contributed by atoms with van der Waals surface area (Å²) in [7, 11) is 0. The maximum Gasteiger partial charge on any atom is 0.123 e. The summed E-state index contributed by atoms with van der Waals surface area (Å²) in [6, 6.07) is 3.58. The van der Waals surface area contributed by atoms with E-state index in [0.29, 0.717) is 12.4 Å². The molecule has 0 aromatic carbocycles. The van der Waals surface area contributed by atoms with Gasteiger partial charge in [0.15, 0.2) is 0 Å². The highest BCUT2D eigenvalue weighted by Gasteiger charge is 2.01. The number of nitrogens with two attached hydrogens (primary N) is 1. The number of hydrogen-bond donors (Lipinski definition) is 3. The van der Waals surface area contributed by atoms with Crippen LogP contribution < -0.4 is 11.1 Å². The van der Waals surface area contributed by atoms with E-state index in [0.717, 1.165) is 18.5 Å². The van der Waals surface area contributed by atoms with Gasteiger partial charge in [-0.3, -0.25) is 0 Å². The van der Waals surface area contributed by atoms with Gasteiger partial charge in [-0.1, -0.05) is 13.3 Å². The van der Waals surface area contributed by atoms with Gasteiger partial charge < -0.3 is 16.2 Å². The van der Waals surface area contributed by atoms with Gasteiger partial charge in [0.1, 0.15) is 5.82 Å². The van der Waals surface area contributed by atoms with E-state index in [2.05, 4.69) is 10.3 Å². The van der Waals surface area contributed by atoms with E-state index >= 15 is 0 Å². The summed E-state index contributed by atoms with van der Waals surface area (Å²) in [5.41, 5.74) is 6.33. The van der Waals surface area contributed by atoms with Gasteiger partial charge in [0.05, 0.1) is 18.0 Å². The van der Waals surface area contributed by atoms with Crippen molar-refractivity contribution in [1.29, 1.82) is 0 Å². The summed E-state index contributed by atoms with van der Waals surface area (Å²) in [5.74, 6) is 0.504. The summed E-state index contributed by atoms with van der Waals surface area (Å²) in [5, 5.41) is 12.5. The Hall–Kier alpha value is -1.29. The molecule has 0 amide bonds. The Balaban J connectivity index is 2.34. The molecule has 0 aliphatic rings. The second kappa shape index (κ2) is 5.44. The summed E-state index contributed by atoms with van der Waals surface area (Å²) in [6.45, 7) is 2.60.